The molecule has 0 bridgehead atoms. The number of rotatable bonds is 13. The van der Waals surface area contributed by atoms with E-state index in [-0.39, 0.29) is 48.9 Å². The minimum Gasteiger partial charge on any atom is -0.356 e. The van der Waals surface area contributed by atoms with Crippen molar-refractivity contribution in [2.24, 2.45) is 10.4 Å². The van der Waals surface area contributed by atoms with Gasteiger partial charge in [0.15, 0.2) is 5.82 Å². The molecule has 1 unspecified atom stereocenters. The van der Waals surface area contributed by atoms with Gasteiger partial charge in [0.25, 0.3) is 5.91 Å². The number of imide groups is 1. The molecule has 2 aromatic carbocycles. The molecule has 0 aliphatic carbocycles. The molecule has 2 saturated heterocycles. The maximum absolute atomic E-state index is 13.3. The Labute approximate surface area is 340 Å². The van der Waals surface area contributed by atoms with E-state index in [1.165, 1.54) is 4.88 Å². The number of carbonyl (C=O) groups excluding carboxylic acids is 5. The van der Waals surface area contributed by atoms with Crippen LogP contribution < -0.4 is 16.0 Å². The van der Waals surface area contributed by atoms with Crippen LogP contribution in [-0.4, -0.2) is 74.5 Å². The summed E-state index contributed by atoms with van der Waals surface area (Å²) in [5.41, 5.74) is 4.17. The van der Waals surface area contributed by atoms with Gasteiger partial charge in [0.05, 0.1) is 17.5 Å². The Bertz CT molecular complexity index is 2250. The molecule has 0 saturated carbocycles. The first kappa shape index (κ1) is 40.0. The quantitative estimate of drug-likeness (QED) is 0.102. The number of unbranched alkanes of at least 4 members (excludes halogenated alkanes) is 4. The van der Waals surface area contributed by atoms with Gasteiger partial charge >= 0.3 is 0 Å². The maximum atomic E-state index is 13.3. The Morgan fingerprint density at radius 1 is 0.965 bits per heavy atom. The van der Waals surface area contributed by atoms with E-state index in [1.807, 2.05) is 35.8 Å². The third kappa shape index (κ3) is 8.71. The minimum absolute atomic E-state index is 0.106. The van der Waals surface area contributed by atoms with Gasteiger partial charge in [0.2, 0.25) is 23.6 Å². The molecular formula is C42H47ClN8O5S. The molecule has 3 aliphatic heterocycles. The number of aliphatic imine (C=N–C) groups is 1. The van der Waals surface area contributed by atoms with Crippen LogP contribution in [0, 0.1) is 26.2 Å². The van der Waals surface area contributed by atoms with Crippen molar-refractivity contribution < 1.29 is 24.0 Å². The summed E-state index contributed by atoms with van der Waals surface area (Å²) in [6.07, 6.45) is 5.98. The Balaban J connectivity index is 0.843. The van der Waals surface area contributed by atoms with Crippen LogP contribution >= 0.6 is 22.9 Å². The van der Waals surface area contributed by atoms with E-state index in [2.05, 4.69) is 40.0 Å². The number of hydrogen-bond acceptors (Lipinski definition) is 9. The first-order valence-electron chi connectivity index (χ1n) is 19.6. The molecule has 3 aliphatic rings. The number of piperidine rings is 1. The standard InChI is InChI=1S/C42H47ClN8O5S/c1-25-26(2)57-40-36(25)37(28-13-15-30(43)16-14-28)46-32(38-49-48-27(3)51(38)40)23-35(54)44-20-8-6-4-5-7-12-33(52)45-31-11-9-10-29(22-31)39(55)50-21-19-42(24-50)18-17-34(53)47-41(42)56/h9-11,13-16,22,32H,4-8,12,17-21,23-24H2,1-3H3,(H,44,54)(H,45,52)(H,47,53,56)/t32-,42?/m1/s1. The SMILES string of the molecule is Cc1sc2c(c1C)C(c1ccc(Cl)cc1)=N[C@H](CC(=O)NCCCCCCCC(=O)Nc1cccc(C(=O)N3CCC4(CCC(=O)NC4=O)C3)c1)c1nnc(C)n1-2. The summed E-state index contributed by atoms with van der Waals surface area (Å²) in [4.78, 5) is 71.5. The highest BCUT2D eigenvalue weighted by molar-refractivity contribution is 7.15. The van der Waals surface area contributed by atoms with Crippen molar-refractivity contribution in [3.8, 4) is 5.00 Å². The fourth-order valence-corrected chi connectivity index (χ4v) is 9.25. The predicted octanol–water partition coefficient (Wildman–Crippen LogP) is 6.55. The van der Waals surface area contributed by atoms with Crippen LogP contribution in [0.25, 0.3) is 5.00 Å². The number of amides is 5. The lowest BCUT2D eigenvalue weighted by atomic mass is 9.79. The largest absolute Gasteiger partial charge is 0.356 e. The van der Waals surface area contributed by atoms with Crippen LogP contribution in [0.2, 0.25) is 5.02 Å². The van der Waals surface area contributed by atoms with E-state index >= 15 is 0 Å². The van der Waals surface area contributed by atoms with Gasteiger partial charge in [-0.1, -0.05) is 49.1 Å². The maximum Gasteiger partial charge on any atom is 0.253 e. The van der Waals surface area contributed by atoms with E-state index in [4.69, 9.17) is 16.6 Å². The first-order chi connectivity index (χ1) is 27.4. The van der Waals surface area contributed by atoms with E-state index in [0.717, 1.165) is 65.3 Å². The fourth-order valence-electron chi connectivity index (χ4n) is 7.91. The highest BCUT2D eigenvalue weighted by Crippen LogP contribution is 2.40. The summed E-state index contributed by atoms with van der Waals surface area (Å²) in [5.74, 6) is 0.391. The third-order valence-electron chi connectivity index (χ3n) is 11.2. The number of anilines is 1. The Morgan fingerprint density at radius 3 is 2.53 bits per heavy atom. The highest BCUT2D eigenvalue weighted by atomic mass is 35.5. The average Bonchev–Trinajstić information content (AvgIpc) is 3.85. The number of nitrogens with zero attached hydrogens (tertiary/aromatic N) is 5. The van der Waals surface area contributed by atoms with Gasteiger partial charge in [-0.25, -0.2) is 0 Å². The molecule has 5 amide bonds. The number of benzene rings is 2. The molecule has 2 fully saturated rings. The summed E-state index contributed by atoms with van der Waals surface area (Å²) in [6.45, 7) is 7.37. The number of halogens is 1. The van der Waals surface area contributed by atoms with Crippen molar-refractivity contribution in [2.45, 2.75) is 91.0 Å². The zero-order chi connectivity index (χ0) is 40.3. The number of fused-ring (bicyclic) bond motifs is 3. The number of hydrogen-bond donors (Lipinski definition) is 3. The molecule has 298 valence electrons. The summed E-state index contributed by atoms with van der Waals surface area (Å²) in [7, 11) is 0. The zero-order valence-electron chi connectivity index (χ0n) is 32.5. The van der Waals surface area contributed by atoms with Gasteiger partial charge in [-0.2, -0.15) is 0 Å². The second-order valence-electron chi connectivity index (χ2n) is 15.2. The van der Waals surface area contributed by atoms with Gasteiger partial charge in [-0.15, -0.1) is 21.5 Å². The summed E-state index contributed by atoms with van der Waals surface area (Å²) in [5, 5.41) is 18.9. The topological polar surface area (TPSA) is 168 Å². The van der Waals surface area contributed by atoms with Crippen LogP contribution in [0.5, 0.6) is 0 Å². The van der Waals surface area contributed by atoms with Gasteiger partial charge in [0.1, 0.15) is 16.9 Å². The lowest BCUT2D eigenvalue weighted by molar-refractivity contribution is -0.141. The number of carbonyl (C=O) groups is 5. The normalized spacial score (nSPS) is 18.8. The molecule has 4 aromatic rings. The highest BCUT2D eigenvalue weighted by Gasteiger charge is 2.48. The van der Waals surface area contributed by atoms with Crippen molar-refractivity contribution in [3.05, 3.63) is 92.3 Å². The molecule has 57 heavy (non-hydrogen) atoms. The predicted molar refractivity (Wildman–Crippen MR) is 219 cm³/mol. The van der Waals surface area contributed by atoms with Crippen LogP contribution in [0.4, 0.5) is 5.69 Å². The van der Waals surface area contributed by atoms with Crippen molar-refractivity contribution in [1.29, 1.82) is 0 Å². The summed E-state index contributed by atoms with van der Waals surface area (Å²) in [6, 6.07) is 13.9. The van der Waals surface area contributed by atoms with Gasteiger partial charge in [-0.3, -0.25) is 38.8 Å². The van der Waals surface area contributed by atoms with E-state index in [9.17, 15) is 24.0 Å². The molecule has 2 aromatic heterocycles. The van der Waals surface area contributed by atoms with Crippen molar-refractivity contribution >= 4 is 63.9 Å². The van der Waals surface area contributed by atoms with Gasteiger partial charge in [-0.05, 0) is 82.3 Å². The Kier molecular flexibility index (Phi) is 12.0. The fraction of sp³-hybridized carbons (Fsp3) is 0.429. The number of aryl methyl sites for hydroxylation is 2. The Hall–Kier alpha value is -5.21. The van der Waals surface area contributed by atoms with E-state index in [1.54, 1.807) is 40.5 Å². The molecule has 7 rings (SSSR count). The van der Waals surface area contributed by atoms with E-state index < -0.39 is 11.5 Å². The molecule has 3 N–H and O–H groups in total. The van der Waals surface area contributed by atoms with Crippen LogP contribution in [0.1, 0.15) is 114 Å². The molecular weight excluding hydrogens is 764 g/mol. The monoisotopic (exact) mass is 810 g/mol. The van der Waals surface area contributed by atoms with Gasteiger partial charge < -0.3 is 15.5 Å². The number of thiophene rings is 1. The van der Waals surface area contributed by atoms with E-state index in [0.29, 0.717) is 54.4 Å². The third-order valence-corrected chi connectivity index (χ3v) is 12.7. The summed E-state index contributed by atoms with van der Waals surface area (Å²) >= 11 is 7.90. The summed E-state index contributed by atoms with van der Waals surface area (Å²) < 4.78 is 2.04. The molecule has 13 nitrogen and oxygen atoms in total. The van der Waals surface area contributed by atoms with Crippen molar-refractivity contribution in [2.75, 3.05) is 25.0 Å². The molecule has 2 atom stereocenters. The average molecular weight is 811 g/mol. The molecule has 1 spiro atoms. The minimum atomic E-state index is -0.713. The smallest absolute Gasteiger partial charge is 0.253 e. The first-order valence-corrected chi connectivity index (χ1v) is 20.8. The lowest BCUT2D eigenvalue weighted by Gasteiger charge is -2.31. The molecule has 5 heterocycles. The number of nitrogens with one attached hydrogen (secondary N) is 3. The number of likely N-dealkylation sites (tertiary alicyclic amines) is 1. The lowest BCUT2D eigenvalue weighted by Crippen LogP contribution is -2.50. The Morgan fingerprint density at radius 2 is 1.74 bits per heavy atom. The van der Waals surface area contributed by atoms with Crippen LogP contribution in [0.15, 0.2) is 53.5 Å². The van der Waals surface area contributed by atoms with Crippen molar-refractivity contribution in [1.82, 2.24) is 30.3 Å². The van der Waals surface area contributed by atoms with Crippen LogP contribution in [0.3, 0.4) is 0 Å². The van der Waals surface area contributed by atoms with Crippen molar-refractivity contribution in [3.63, 3.8) is 0 Å². The van der Waals surface area contributed by atoms with Gasteiger partial charge in [0, 0.05) is 64.8 Å². The molecule has 0 radical (unpaired) electrons. The van der Waals surface area contributed by atoms with Crippen LogP contribution in [-0.2, 0) is 19.2 Å². The molecule has 15 heteroatoms. The second kappa shape index (κ2) is 17.1. The number of aromatic nitrogens is 3. The second-order valence-corrected chi connectivity index (χ2v) is 16.9. The zero-order valence-corrected chi connectivity index (χ0v) is 34.0.